The first-order valence-electron chi connectivity index (χ1n) is 6.79. The highest BCUT2D eigenvalue weighted by molar-refractivity contribution is 6.31. The molecule has 1 aromatic rings. The number of halogens is 1. The summed E-state index contributed by atoms with van der Waals surface area (Å²) in [6.07, 6.45) is 0. The van der Waals surface area contributed by atoms with E-state index in [1.54, 1.807) is 13.8 Å². The minimum Gasteiger partial charge on any atom is -0.452 e. The van der Waals surface area contributed by atoms with E-state index in [-0.39, 0.29) is 10.6 Å². The Labute approximate surface area is 138 Å². The van der Waals surface area contributed by atoms with Gasteiger partial charge in [0.2, 0.25) is 0 Å². The van der Waals surface area contributed by atoms with Gasteiger partial charge in [-0.15, -0.1) is 0 Å². The lowest BCUT2D eigenvalue weighted by Crippen LogP contribution is -2.35. The number of carbonyl (C=O) groups is 2. The van der Waals surface area contributed by atoms with Gasteiger partial charge in [-0.2, -0.15) is 0 Å². The second-order valence-electron chi connectivity index (χ2n) is 4.86. The van der Waals surface area contributed by atoms with Crippen molar-refractivity contribution in [3.63, 3.8) is 0 Å². The molecule has 23 heavy (non-hydrogen) atoms. The molecular weight excluding hydrogens is 324 g/mol. The molecule has 7 nitrogen and oxygen atoms in total. The number of ether oxygens (including phenoxy) is 1. The van der Waals surface area contributed by atoms with Gasteiger partial charge in [-0.1, -0.05) is 23.8 Å². The fourth-order valence-electron chi connectivity index (χ4n) is 1.83. The maximum Gasteiger partial charge on any atom is 0.345 e. The lowest BCUT2D eigenvalue weighted by atomic mass is 10.2. The second-order valence-corrected chi connectivity index (χ2v) is 5.30. The van der Waals surface area contributed by atoms with Crippen LogP contribution in [0.5, 0.6) is 0 Å². The number of nitrogens with zero attached hydrogens (tertiary/aromatic N) is 2. The molecule has 0 unspecified atom stereocenters. The van der Waals surface area contributed by atoms with Crippen molar-refractivity contribution in [2.75, 3.05) is 19.7 Å². The van der Waals surface area contributed by atoms with E-state index in [9.17, 15) is 19.7 Å². The van der Waals surface area contributed by atoms with Crippen LogP contribution >= 0.6 is 11.6 Å². The van der Waals surface area contributed by atoms with Crippen LogP contribution in [0.4, 0.5) is 5.69 Å². The molecule has 1 rings (SSSR count). The van der Waals surface area contributed by atoms with E-state index in [1.807, 2.05) is 0 Å². The van der Waals surface area contributed by atoms with Gasteiger partial charge in [0, 0.05) is 24.2 Å². The summed E-state index contributed by atoms with van der Waals surface area (Å²) in [5, 5.41) is 11.1. The smallest absolute Gasteiger partial charge is 0.345 e. The van der Waals surface area contributed by atoms with Crippen LogP contribution in [0, 0.1) is 10.1 Å². The molecule has 0 aromatic heterocycles. The van der Waals surface area contributed by atoms with E-state index < -0.39 is 29.1 Å². The third-order valence-corrected chi connectivity index (χ3v) is 3.13. The van der Waals surface area contributed by atoms with Gasteiger partial charge < -0.3 is 9.64 Å². The Kier molecular flexibility index (Phi) is 6.71. The number of nitro benzene ring substituents is 1. The average Bonchev–Trinajstić information content (AvgIpc) is 2.49. The Balaban J connectivity index is 2.79. The zero-order chi connectivity index (χ0) is 17.6. The topological polar surface area (TPSA) is 89.8 Å². The number of amides is 1. The van der Waals surface area contributed by atoms with E-state index >= 15 is 0 Å². The van der Waals surface area contributed by atoms with Gasteiger partial charge in [-0.25, -0.2) is 4.79 Å². The van der Waals surface area contributed by atoms with Gasteiger partial charge in [0.15, 0.2) is 6.61 Å². The normalized spacial score (nSPS) is 10.0. The Morgan fingerprint density at radius 2 is 2.09 bits per heavy atom. The van der Waals surface area contributed by atoms with Crippen LogP contribution in [-0.4, -0.2) is 41.4 Å². The fourth-order valence-corrected chi connectivity index (χ4v) is 1.99. The summed E-state index contributed by atoms with van der Waals surface area (Å²) >= 11 is 5.68. The summed E-state index contributed by atoms with van der Waals surface area (Å²) in [6.45, 7) is 7.57. The summed E-state index contributed by atoms with van der Waals surface area (Å²) in [6, 6.07) is 3.59. The van der Waals surface area contributed by atoms with Crippen LogP contribution in [0.1, 0.15) is 24.2 Å². The first-order valence-corrected chi connectivity index (χ1v) is 7.17. The summed E-state index contributed by atoms with van der Waals surface area (Å²) in [7, 11) is 0. The number of hydrogen-bond donors (Lipinski definition) is 0. The number of esters is 1. The minimum absolute atomic E-state index is 0.128. The van der Waals surface area contributed by atoms with E-state index in [0.717, 1.165) is 11.6 Å². The second kappa shape index (κ2) is 8.28. The molecular formula is C15H17ClN2O5. The van der Waals surface area contributed by atoms with Crippen molar-refractivity contribution in [1.82, 2.24) is 4.90 Å². The molecule has 8 heteroatoms. The summed E-state index contributed by atoms with van der Waals surface area (Å²) < 4.78 is 4.88. The van der Waals surface area contributed by atoms with Crippen molar-refractivity contribution >= 4 is 29.2 Å². The van der Waals surface area contributed by atoms with Gasteiger partial charge in [-0.05, 0) is 26.0 Å². The molecule has 0 saturated heterocycles. The van der Waals surface area contributed by atoms with Crippen LogP contribution in [0.25, 0.3) is 0 Å². The first-order chi connectivity index (χ1) is 10.8. The summed E-state index contributed by atoms with van der Waals surface area (Å²) in [5.74, 6) is -1.35. The predicted molar refractivity (Wildman–Crippen MR) is 85.5 cm³/mol. The number of carbonyl (C=O) groups excluding carboxylic acids is 2. The van der Waals surface area contributed by atoms with E-state index in [2.05, 4.69) is 6.58 Å². The highest BCUT2D eigenvalue weighted by atomic mass is 35.5. The molecule has 0 heterocycles. The van der Waals surface area contributed by atoms with Crippen molar-refractivity contribution in [3.05, 3.63) is 51.1 Å². The molecule has 0 bridgehead atoms. The largest absolute Gasteiger partial charge is 0.452 e. The molecule has 0 spiro atoms. The maximum absolute atomic E-state index is 12.0. The minimum atomic E-state index is -0.951. The molecule has 0 atom stereocenters. The Morgan fingerprint density at radius 3 is 2.61 bits per heavy atom. The van der Waals surface area contributed by atoms with Crippen molar-refractivity contribution in [1.29, 1.82) is 0 Å². The van der Waals surface area contributed by atoms with Crippen LogP contribution in [0.15, 0.2) is 30.4 Å². The zero-order valence-corrected chi connectivity index (χ0v) is 13.6. The summed E-state index contributed by atoms with van der Waals surface area (Å²) in [5.41, 5.74) is 0.0687. The standard InChI is InChI=1S/C15H17ClN2O5/c1-4-17(8-10(2)3)14(19)9-23-15(20)12-6-5-11(16)7-13(12)18(21)22/h5-7H,2,4,8-9H2,1,3H3. The number of rotatable bonds is 7. The van der Waals surface area contributed by atoms with Gasteiger partial charge in [-0.3, -0.25) is 14.9 Å². The monoisotopic (exact) mass is 340 g/mol. The van der Waals surface area contributed by atoms with Crippen molar-refractivity contribution < 1.29 is 19.2 Å². The summed E-state index contributed by atoms with van der Waals surface area (Å²) in [4.78, 5) is 35.6. The number of likely N-dealkylation sites (N-methyl/N-ethyl adjacent to an activating group) is 1. The quantitative estimate of drug-likeness (QED) is 0.329. The Hall–Kier alpha value is -2.41. The molecule has 0 radical (unpaired) electrons. The van der Waals surface area contributed by atoms with Crippen LogP contribution < -0.4 is 0 Å². The van der Waals surface area contributed by atoms with Gasteiger partial charge in [0.25, 0.3) is 11.6 Å². The van der Waals surface area contributed by atoms with Crippen LogP contribution in [0.2, 0.25) is 5.02 Å². The van der Waals surface area contributed by atoms with Gasteiger partial charge >= 0.3 is 5.97 Å². The highest BCUT2D eigenvalue weighted by Crippen LogP contribution is 2.23. The fraction of sp³-hybridized carbons (Fsp3) is 0.333. The lowest BCUT2D eigenvalue weighted by Gasteiger charge is -2.20. The van der Waals surface area contributed by atoms with E-state index in [4.69, 9.17) is 16.3 Å². The molecule has 0 N–H and O–H groups in total. The molecule has 0 saturated carbocycles. The third-order valence-electron chi connectivity index (χ3n) is 2.90. The SMILES string of the molecule is C=C(C)CN(CC)C(=O)COC(=O)c1ccc(Cl)cc1[N+](=O)[O-]. The number of benzene rings is 1. The Bertz CT molecular complexity index is 645. The molecule has 0 fully saturated rings. The third kappa shape index (κ3) is 5.37. The molecule has 1 aromatic carbocycles. The van der Waals surface area contributed by atoms with Gasteiger partial charge in [0.1, 0.15) is 5.56 Å². The lowest BCUT2D eigenvalue weighted by molar-refractivity contribution is -0.385. The van der Waals surface area contributed by atoms with Crippen LogP contribution in [0.3, 0.4) is 0 Å². The maximum atomic E-state index is 12.0. The molecule has 1 amide bonds. The van der Waals surface area contributed by atoms with Crippen molar-refractivity contribution in [2.24, 2.45) is 0 Å². The van der Waals surface area contributed by atoms with Crippen molar-refractivity contribution in [2.45, 2.75) is 13.8 Å². The average molecular weight is 341 g/mol. The first kappa shape index (κ1) is 18.6. The molecule has 0 aliphatic heterocycles. The number of nitro groups is 1. The predicted octanol–water partition coefficient (Wildman–Crippen LogP) is 2.83. The molecule has 124 valence electrons. The molecule has 0 aliphatic rings. The zero-order valence-electron chi connectivity index (χ0n) is 12.9. The van der Waals surface area contributed by atoms with E-state index in [0.29, 0.717) is 13.1 Å². The van der Waals surface area contributed by atoms with Gasteiger partial charge in [0.05, 0.1) is 4.92 Å². The van der Waals surface area contributed by atoms with Crippen LogP contribution in [-0.2, 0) is 9.53 Å². The van der Waals surface area contributed by atoms with E-state index in [1.165, 1.54) is 17.0 Å². The molecule has 0 aliphatic carbocycles. The van der Waals surface area contributed by atoms with Crippen molar-refractivity contribution in [3.8, 4) is 0 Å². The highest BCUT2D eigenvalue weighted by Gasteiger charge is 2.23. The number of hydrogen-bond acceptors (Lipinski definition) is 5. The Morgan fingerprint density at radius 1 is 1.43 bits per heavy atom.